The molecule has 4 unspecified atom stereocenters. The number of hydrogen-bond donors (Lipinski definition) is 1. The second-order valence-corrected chi connectivity index (χ2v) is 7.38. The second kappa shape index (κ2) is 7.95. The minimum absolute atomic E-state index is 0.181. The van der Waals surface area contributed by atoms with Gasteiger partial charge < -0.3 is 10.1 Å². The third-order valence-corrected chi connectivity index (χ3v) is 6.35. The van der Waals surface area contributed by atoms with Crippen LogP contribution in [0.3, 0.4) is 0 Å². The fraction of sp³-hybridized carbons (Fsp3) is 0.647. The summed E-state index contributed by atoms with van der Waals surface area (Å²) in [5, 5.41) is 3.71. The lowest BCUT2D eigenvalue weighted by Gasteiger charge is -2.36. The van der Waals surface area contributed by atoms with Crippen molar-refractivity contribution in [3.05, 3.63) is 24.3 Å². The van der Waals surface area contributed by atoms with Crippen molar-refractivity contribution in [1.82, 2.24) is 5.32 Å². The van der Waals surface area contributed by atoms with Crippen LogP contribution in [-0.4, -0.2) is 29.2 Å². The molecule has 21 heavy (non-hydrogen) atoms. The molecule has 1 saturated carbocycles. The van der Waals surface area contributed by atoms with Crippen LogP contribution in [0.2, 0.25) is 0 Å². The van der Waals surface area contributed by atoms with Crippen LogP contribution in [-0.2, 0) is 10.8 Å². The maximum Gasteiger partial charge on any atom is 0.134 e. The zero-order valence-electron chi connectivity index (χ0n) is 13.3. The zero-order chi connectivity index (χ0) is 15.2. The molecule has 1 aromatic rings. The summed E-state index contributed by atoms with van der Waals surface area (Å²) in [7, 11) is 0.624. The summed E-state index contributed by atoms with van der Waals surface area (Å²) < 4.78 is 18.5. The molecule has 4 heteroatoms. The van der Waals surface area contributed by atoms with Gasteiger partial charge in [-0.25, -0.2) is 0 Å². The summed E-state index contributed by atoms with van der Waals surface area (Å²) in [5.41, 5.74) is 0. The molecule has 0 heterocycles. The van der Waals surface area contributed by atoms with Crippen LogP contribution < -0.4 is 10.1 Å². The fourth-order valence-electron chi connectivity index (χ4n) is 3.26. The lowest BCUT2D eigenvalue weighted by Crippen LogP contribution is -2.46. The monoisotopic (exact) mass is 309 g/mol. The highest BCUT2D eigenvalue weighted by Crippen LogP contribution is 2.34. The SMILES string of the molecule is CCNC1CCC(CC)CC1S(=O)c1ccccc1OC. The van der Waals surface area contributed by atoms with E-state index in [9.17, 15) is 4.21 Å². The predicted molar refractivity (Wildman–Crippen MR) is 88.3 cm³/mol. The number of hydrogen-bond acceptors (Lipinski definition) is 3. The van der Waals surface area contributed by atoms with E-state index < -0.39 is 10.8 Å². The lowest BCUT2D eigenvalue weighted by atomic mass is 9.84. The normalized spacial score (nSPS) is 27.3. The van der Waals surface area contributed by atoms with Gasteiger partial charge in [-0.05, 0) is 43.9 Å². The van der Waals surface area contributed by atoms with Crippen molar-refractivity contribution in [2.45, 2.75) is 55.7 Å². The molecule has 1 aliphatic rings. The van der Waals surface area contributed by atoms with Crippen LogP contribution in [0.1, 0.15) is 39.5 Å². The van der Waals surface area contributed by atoms with E-state index in [1.165, 1.54) is 12.8 Å². The van der Waals surface area contributed by atoms with Crippen molar-refractivity contribution in [1.29, 1.82) is 0 Å². The van der Waals surface area contributed by atoms with Gasteiger partial charge in [0.15, 0.2) is 0 Å². The van der Waals surface area contributed by atoms with E-state index in [2.05, 4.69) is 19.2 Å². The van der Waals surface area contributed by atoms with Gasteiger partial charge in [-0.2, -0.15) is 0 Å². The average molecular weight is 309 g/mol. The Morgan fingerprint density at radius 3 is 2.71 bits per heavy atom. The topological polar surface area (TPSA) is 38.3 Å². The first kappa shape index (κ1) is 16.5. The first-order chi connectivity index (χ1) is 10.2. The van der Waals surface area contributed by atoms with Gasteiger partial charge in [-0.3, -0.25) is 4.21 Å². The van der Waals surface area contributed by atoms with Crippen LogP contribution >= 0.6 is 0 Å². The summed E-state index contributed by atoms with van der Waals surface area (Å²) in [5.74, 6) is 1.44. The molecular formula is C17H27NO2S. The van der Waals surface area contributed by atoms with E-state index in [1.54, 1.807) is 7.11 Å². The van der Waals surface area contributed by atoms with Gasteiger partial charge in [0.1, 0.15) is 5.75 Å². The summed E-state index contributed by atoms with van der Waals surface area (Å²) in [4.78, 5) is 0.838. The molecule has 1 aromatic carbocycles. The number of ether oxygens (including phenoxy) is 1. The first-order valence-corrected chi connectivity index (χ1v) is 9.19. The van der Waals surface area contributed by atoms with Gasteiger partial charge in [0.25, 0.3) is 0 Å². The standard InChI is InChI=1S/C17H27NO2S/c1-4-13-10-11-14(18-5-2)17(12-13)21(19)16-9-7-6-8-15(16)20-3/h6-9,13-14,17-18H,4-5,10-12H2,1-3H3. The molecule has 0 radical (unpaired) electrons. The number of para-hydroxylation sites is 1. The smallest absolute Gasteiger partial charge is 0.134 e. The largest absolute Gasteiger partial charge is 0.495 e. The van der Waals surface area contributed by atoms with Gasteiger partial charge >= 0.3 is 0 Å². The van der Waals surface area contributed by atoms with Crippen LogP contribution in [0, 0.1) is 5.92 Å². The Kier molecular flexibility index (Phi) is 6.24. The second-order valence-electron chi connectivity index (χ2n) is 5.74. The predicted octanol–water partition coefficient (Wildman–Crippen LogP) is 3.36. The average Bonchev–Trinajstić information content (AvgIpc) is 2.54. The Morgan fingerprint density at radius 1 is 1.29 bits per heavy atom. The van der Waals surface area contributed by atoms with Crippen molar-refractivity contribution in [3.63, 3.8) is 0 Å². The zero-order valence-corrected chi connectivity index (χ0v) is 14.1. The Balaban J connectivity index is 2.24. The molecule has 2 rings (SSSR count). The van der Waals surface area contributed by atoms with Crippen molar-refractivity contribution in [2.24, 2.45) is 5.92 Å². The van der Waals surface area contributed by atoms with Gasteiger partial charge in [-0.1, -0.05) is 32.4 Å². The van der Waals surface area contributed by atoms with Crippen LogP contribution in [0.15, 0.2) is 29.2 Å². The summed E-state index contributed by atoms with van der Waals surface area (Å²) in [6, 6.07) is 8.06. The molecule has 0 bridgehead atoms. The molecule has 0 saturated heterocycles. The molecule has 1 aliphatic carbocycles. The number of benzene rings is 1. The highest BCUT2D eigenvalue weighted by Gasteiger charge is 2.34. The Labute approximate surface area is 130 Å². The van der Waals surface area contributed by atoms with Crippen molar-refractivity contribution < 1.29 is 8.95 Å². The molecule has 4 atom stereocenters. The van der Waals surface area contributed by atoms with E-state index >= 15 is 0 Å². The molecule has 3 nitrogen and oxygen atoms in total. The van der Waals surface area contributed by atoms with Crippen molar-refractivity contribution in [3.8, 4) is 5.75 Å². The molecule has 1 fully saturated rings. The number of rotatable bonds is 6. The minimum Gasteiger partial charge on any atom is -0.495 e. The molecule has 118 valence electrons. The maximum absolute atomic E-state index is 13.1. The first-order valence-electron chi connectivity index (χ1n) is 7.98. The summed E-state index contributed by atoms with van der Waals surface area (Å²) >= 11 is 0. The van der Waals surface area contributed by atoms with Crippen LogP contribution in [0.25, 0.3) is 0 Å². The molecule has 0 amide bonds. The third-order valence-electron chi connectivity index (χ3n) is 4.50. The fourth-order valence-corrected chi connectivity index (χ4v) is 5.13. The molecular weight excluding hydrogens is 282 g/mol. The Morgan fingerprint density at radius 2 is 2.05 bits per heavy atom. The lowest BCUT2D eigenvalue weighted by molar-refractivity contribution is 0.294. The molecule has 0 aliphatic heterocycles. The van der Waals surface area contributed by atoms with Gasteiger partial charge in [0.05, 0.1) is 28.1 Å². The molecule has 0 spiro atoms. The molecule has 1 N–H and O–H groups in total. The Bertz CT molecular complexity index is 478. The van der Waals surface area contributed by atoms with E-state index in [0.29, 0.717) is 12.0 Å². The third kappa shape index (κ3) is 3.86. The quantitative estimate of drug-likeness (QED) is 0.875. The molecule has 0 aromatic heterocycles. The van der Waals surface area contributed by atoms with Gasteiger partial charge in [0, 0.05) is 6.04 Å². The van der Waals surface area contributed by atoms with E-state index in [-0.39, 0.29) is 5.25 Å². The Hall–Kier alpha value is -0.870. The van der Waals surface area contributed by atoms with Crippen LogP contribution in [0.5, 0.6) is 5.75 Å². The van der Waals surface area contributed by atoms with Gasteiger partial charge in [-0.15, -0.1) is 0 Å². The van der Waals surface area contributed by atoms with Crippen molar-refractivity contribution >= 4 is 10.8 Å². The maximum atomic E-state index is 13.1. The summed E-state index contributed by atoms with van der Waals surface area (Å²) in [6.07, 6.45) is 4.59. The number of methoxy groups -OCH3 is 1. The van der Waals surface area contributed by atoms with E-state index in [0.717, 1.165) is 30.0 Å². The van der Waals surface area contributed by atoms with E-state index in [1.807, 2.05) is 24.3 Å². The summed E-state index contributed by atoms with van der Waals surface area (Å²) in [6.45, 7) is 5.29. The number of nitrogens with one attached hydrogen (secondary N) is 1. The van der Waals surface area contributed by atoms with Crippen LogP contribution in [0.4, 0.5) is 0 Å². The highest BCUT2D eigenvalue weighted by atomic mass is 32.2. The van der Waals surface area contributed by atoms with Gasteiger partial charge in [0.2, 0.25) is 0 Å². The minimum atomic E-state index is -1.02. The van der Waals surface area contributed by atoms with Crippen molar-refractivity contribution in [2.75, 3.05) is 13.7 Å². The highest BCUT2D eigenvalue weighted by molar-refractivity contribution is 7.85. The van der Waals surface area contributed by atoms with E-state index in [4.69, 9.17) is 4.74 Å².